The van der Waals surface area contributed by atoms with Gasteiger partial charge in [0.25, 0.3) is 0 Å². The Hall–Kier alpha value is 1.08. The van der Waals surface area contributed by atoms with Crippen LogP contribution in [0.15, 0.2) is 0 Å². The third-order valence-corrected chi connectivity index (χ3v) is 0. The molecule has 0 aliphatic carbocycles. The summed E-state index contributed by atoms with van der Waals surface area (Å²) < 4.78 is 8.88. The van der Waals surface area contributed by atoms with Gasteiger partial charge in [-0.25, -0.2) is 4.57 Å². The molecule has 4 nitrogen and oxygen atoms in total. The zero-order valence-electron chi connectivity index (χ0n) is 3.31. The minimum absolute atomic E-state index is 0. The predicted molar refractivity (Wildman–Crippen MR) is 21.6 cm³/mol. The van der Waals surface area contributed by atoms with Crippen molar-refractivity contribution in [2.75, 3.05) is 0 Å². The SMILES string of the molecule is O=P(O)(O)O.[S-2].[Zn+2]. The van der Waals surface area contributed by atoms with E-state index >= 15 is 0 Å². The van der Waals surface area contributed by atoms with Crippen molar-refractivity contribution < 1.29 is 38.7 Å². The fraction of sp³-hybridized carbons (Fsp3) is 0. The second-order valence-electron chi connectivity index (χ2n) is 0.513. The molecule has 7 heteroatoms. The van der Waals surface area contributed by atoms with E-state index < -0.39 is 7.82 Å². The third kappa shape index (κ3) is 156. The van der Waals surface area contributed by atoms with E-state index in [9.17, 15) is 0 Å². The quantitative estimate of drug-likeness (QED) is 0.345. The van der Waals surface area contributed by atoms with Crippen LogP contribution in [-0.2, 0) is 37.5 Å². The van der Waals surface area contributed by atoms with Crippen molar-refractivity contribution in [3.8, 4) is 0 Å². The summed E-state index contributed by atoms with van der Waals surface area (Å²) in [4.78, 5) is 21.6. The Morgan fingerprint density at radius 2 is 1.14 bits per heavy atom. The molecular formula is H3O4PSZn. The van der Waals surface area contributed by atoms with E-state index in [0.717, 1.165) is 0 Å². The molecule has 0 unspecified atom stereocenters. The number of rotatable bonds is 0. The van der Waals surface area contributed by atoms with Gasteiger partial charge in [0.1, 0.15) is 0 Å². The van der Waals surface area contributed by atoms with E-state index in [0.29, 0.717) is 0 Å². The van der Waals surface area contributed by atoms with Crippen molar-refractivity contribution in [1.29, 1.82) is 0 Å². The van der Waals surface area contributed by atoms with Crippen molar-refractivity contribution >= 4 is 21.3 Å². The van der Waals surface area contributed by atoms with E-state index in [2.05, 4.69) is 0 Å². The van der Waals surface area contributed by atoms with Gasteiger partial charge in [-0.05, 0) is 0 Å². The van der Waals surface area contributed by atoms with Crippen LogP contribution in [-0.4, -0.2) is 14.7 Å². The smallest absolute Gasteiger partial charge is 2.00 e. The molecule has 0 heterocycles. The van der Waals surface area contributed by atoms with E-state index in [-0.39, 0.29) is 33.0 Å². The fourth-order valence-electron chi connectivity index (χ4n) is 0. The topological polar surface area (TPSA) is 77.8 Å². The summed E-state index contributed by atoms with van der Waals surface area (Å²) in [6.45, 7) is 0. The molecule has 0 bridgehead atoms. The summed E-state index contributed by atoms with van der Waals surface area (Å²) in [5.74, 6) is 0. The molecule has 0 fully saturated rings. The molecule has 0 aromatic heterocycles. The maximum absolute atomic E-state index is 8.88. The van der Waals surface area contributed by atoms with Gasteiger partial charge in [-0.2, -0.15) is 0 Å². The normalized spacial score (nSPS) is 8.43. The Morgan fingerprint density at radius 1 is 1.14 bits per heavy atom. The van der Waals surface area contributed by atoms with Crippen LogP contribution in [0.1, 0.15) is 0 Å². The minimum Gasteiger partial charge on any atom is -2.00 e. The van der Waals surface area contributed by atoms with Crippen molar-refractivity contribution in [3.05, 3.63) is 0 Å². The Bertz CT molecular complexity index is 57.8. The summed E-state index contributed by atoms with van der Waals surface area (Å²) in [6, 6.07) is 0. The number of hydrogen-bond donors (Lipinski definition) is 3. The number of phosphoric acid groups is 1. The fourth-order valence-corrected chi connectivity index (χ4v) is 0. The van der Waals surface area contributed by atoms with Gasteiger partial charge >= 0.3 is 27.3 Å². The van der Waals surface area contributed by atoms with Gasteiger partial charge in [-0.3, -0.25) is 0 Å². The molecule has 0 aliphatic heterocycles. The molecule has 0 aromatic carbocycles. The molecule has 40 valence electrons. The second-order valence-corrected chi connectivity index (χ2v) is 1.54. The standard InChI is InChI=1S/H3O4P.S.Zn/c1-5(2,3)4;;/h(H3,1,2,3,4);;/q;-2;+2. The summed E-state index contributed by atoms with van der Waals surface area (Å²) in [7, 11) is -4.64. The van der Waals surface area contributed by atoms with Gasteiger partial charge in [0, 0.05) is 0 Å². The third-order valence-electron chi connectivity index (χ3n) is 0. The first-order valence-corrected chi connectivity index (χ1v) is 2.35. The van der Waals surface area contributed by atoms with Crippen LogP contribution in [0.2, 0.25) is 0 Å². The van der Waals surface area contributed by atoms with Crippen LogP contribution in [0.4, 0.5) is 0 Å². The van der Waals surface area contributed by atoms with Gasteiger partial charge in [-0.1, -0.05) is 0 Å². The first kappa shape index (κ1) is 15.7. The minimum atomic E-state index is -4.64. The maximum atomic E-state index is 8.88. The van der Waals surface area contributed by atoms with Crippen LogP contribution >= 0.6 is 7.82 Å². The van der Waals surface area contributed by atoms with Crippen LogP contribution in [0.3, 0.4) is 0 Å². The average Bonchev–Trinajstić information content (AvgIpc) is 0.722. The molecule has 0 saturated heterocycles. The van der Waals surface area contributed by atoms with E-state index in [4.69, 9.17) is 19.2 Å². The Kier molecular flexibility index (Phi) is 11.7. The molecule has 3 N–H and O–H groups in total. The van der Waals surface area contributed by atoms with Gasteiger partial charge in [0.2, 0.25) is 0 Å². The summed E-state index contributed by atoms with van der Waals surface area (Å²) in [6.07, 6.45) is 0. The van der Waals surface area contributed by atoms with Crippen LogP contribution in [0.25, 0.3) is 0 Å². The Morgan fingerprint density at radius 3 is 1.14 bits per heavy atom. The molecule has 0 aromatic rings. The average molecular weight is 195 g/mol. The van der Waals surface area contributed by atoms with Gasteiger partial charge < -0.3 is 28.2 Å². The van der Waals surface area contributed by atoms with Gasteiger partial charge in [-0.15, -0.1) is 0 Å². The monoisotopic (exact) mass is 194 g/mol. The molecule has 0 atom stereocenters. The van der Waals surface area contributed by atoms with Crippen LogP contribution in [0, 0.1) is 0 Å². The summed E-state index contributed by atoms with van der Waals surface area (Å²) in [5, 5.41) is 0. The zero-order valence-corrected chi connectivity index (χ0v) is 7.99. The Labute approximate surface area is 60.4 Å². The molecular weight excluding hydrogens is 192 g/mol. The molecule has 0 aliphatic rings. The number of hydrogen-bond acceptors (Lipinski definition) is 1. The maximum Gasteiger partial charge on any atom is 2.00 e. The first-order valence-electron chi connectivity index (χ1n) is 0.783. The summed E-state index contributed by atoms with van der Waals surface area (Å²) in [5.41, 5.74) is 0. The zero-order chi connectivity index (χ0) is 4.50. The largest absolute Gasteiger partial charge is 2.00 e. The van der Waals surface area contributed by atoms with Gasteiger partial charge in [0.15, 0.2) is 0 Å². The van der Waals surface area contributed by atoms with Crippen LogP contribution < -0.4 is 0 Å². The molecule has 7 heavy (non-hydrogen) atoms. The van der Waals surface area contributed by atoms with Crippen molar-refractivity contribution in [3.63, 3.8) is 0 Å². The summed E-state index contributed by atoms with van der Waals surface area (Å²) >= 11 is 0. The van der Waals surface area contributed by atoms with Crippen LogP contribution in [0.5, 0.6) is 0 Å². The predicted octanol–water partition coefficient (Wildman–Crippen LogP) is -0.933. The van der Waals surface area contributed by atoms with E-state index in [1.165, 1.54) is 0 Å². The Balaban J connectivity index is -0.0000000800. The molecule has 0 radical (unpaired) electrons. The second kappa shape index (κ2) is 5.22. The van der Waals surface area contributed by atoms with Gasteiger partial charge in [0.05, 0.1) is 0 Å². The van der Waals surface area contributed by atoms with E-state index in [1.54, 1.807) is 0 Å². The van der Waals surface area contributed by atoms with E-state index in [1.807, 2.05) is 0 Å². The first-order chi connectivity index (χ1) is 2.00. The van der Waals surface area contributed by atoms with Crippen molar-refractivity contribution in [2.45, 2.75) is 0 Å². The molecule has 0 amide bonds. The van der Waals surface area contributed by atoms with Crippen molar-refractivity contribution in [1.82, 2.24) is 0 Å². The molecule has 0 saturated carbocycles. The molecule has 0 spiro atoms. The van der Waals surface area contributed by atoms with Crippen molar-refractivity contribution in [2.24, 2.45) is 0 Å². The molecule has 0 rings (SSSR count).